The van der Waals surface area contributed by atoms with Gasteiger partial charge in [-0.1, -0.05) is 18.2 Å². The second kappa shape index (κ2) is 7.67. The van der Waals surface area contributed by atoms with Gasteiger partial charge in [0.25, 0.3) is 0 Å². The van der Waals surface area contributed by atoms with Crippen molar-refractivity contribution in [1.29, 1.82) is 0 Å². The fourth-order valence-electron chi connectivity index (χ4n) is 3.28. The third kappa shape index (κ3) is 3.91. The minimum absolute atomic E-state index is 0.0104. The fraction of sp³-hybridized carbons (Fsp3) is 0.333. The number of thiazole rings is 1. The summed E-state index contributed by atoms with van der Waals surface area (Å²) < 4.78 is 28.2. The van der Waals surface area contributed by atoms with Crippen LogP contribution in [0.3, 0.4) is 0 Å². The number of hydrogen-bond donors (Lipinski definition) is 1. The molecule has 1 aliphatic rings. The van der Waals surface area contributed by atoms with Gasteiger partial charge in [0.2, 0.25) is 15.9 Å². The van der Waals surface area contributed by atoms with E-state index in [1.54, 1.807) is 28.8 Å². The standard InChI is InChI=1S/C18H19N3O3S3/c22-16(9-10-19-27(23,24)17-8-4-12-25-17)21-11-3-6-14(21)18-20-13-5-1-2-7-15(13)26-18/h1-2,4-5,7-8,12,14,19H,3,6,9-11H2/t14-/m0/s1. The number of benzene rings is 1. The Morgan fingerprint density at radius 1 is 1.26 bits per heavy atom. The number of rotatable bonds is 6. The molecule has 0 bridgehead atoms. The molecule has 1 fully saturated rings. The number of amides is 1. The molecular weight excluding hydrogens is 402 g/mol. The van der Waals surface area contributed by atoms with Crippen LogP contribution in [0.2, 0.25) is 0 Å². The Bertz CT molecular complexity index is 1010. The van der Waals surface area contributed by atoms with Crippen molar-refractivity contribution in [2.45, 2.75) is 29.5 Å². The van der Waals surface area contributed by atoms with E-state index in [9.17, 15) is 13.2 Å². The summed E-state index contributed by atoms with van der Waals surface area (Å²) in [4.78, 5) is 19.2. The lowest BCUT2D eigenvalue weighted by atomic mass is 10.2. The third-order valence-electron chi connectivity index (χ3n) is 4.56. The number of carbonyl (C=O) groups excluding carboxylic acids is 1. The summed E-state index contributed by atoms with van der Waals surface area (Å²) in [5.74, 6) is -0.0364. The predicted octanol–water partition coefficient (Wildman–Crippen LogP) is 3.39. The SMILES string of the molecule is O=C(CCNS(=O)(=O)c1cccs1)N1CCC[C@H]1c1nc2ccccc2s1. The lowest BCUT2D eigenvalue weighted by molar-refractivity contribution is -0.131. The molecule has 0 aliphatic carbocycles. The van der Waals surface area contributed by atoms with Gasteiger partial charge in [-0.3, -0.25) is 4.79 Å². The predicted molar refractivity (Wildman–Crippen MR) is 107 cm³/mol. The van der Waals surface area contributed by atoms with Crippen molar-refractivity contribution < 1.29 is 13.2 Å². The Labute approximate surface area is 165 Å². The van der Waals surface area contributed by atoms with Crippen LogP contribution in [0.5, 0.6) is 0 Å². The van der Waals surface area contributed by atoms with Crippen molar-refractivity contribution in [2.24, 2.45) is 0 Å². The average Bonchev–Trinajstić information content (AvgIpc) is 3.40. The third-order valence-corrected chi connectivity index (χ3v) is 8.56. The number of sulfonamides is 1. The maximum absolute atomic E-state index is 12.7. The number of likely N-dealkylation sites (tertiary alicyclic amines) is 1. The molecule has 9 heteroatoms. The van der Waals surface area contributed by atoms with Crippen LogP contribution >= 0.6 is 22.7 Å². The van der Waals surface area contributed by atoms with Crippen molar-refractivity contribution >= 4 is 48.8 Å². The largest absolute Gasteiger partial charge is 0.333 e. The first-order valence-corrected chi connectivity index (χ1v) is 11.9. The molecule has 0 unspecified atom stereocenters. The minimum atomic E-state index is -3.53. The number of thiophene rings is 1. The van der Waals surface area contributed by atoms with Gasteiger partial charge >= 0.3 is 0 Å². The minimum Gasteiger partial charge on any atom is -0.333 e. The Hall–Kier alpha value is -1.81. The van der Waals surface area contributed by atoms with Crippen molar-refractivity contribution in [2.75, 3.05) is 13.1 Å². The molecule has 1 amide bonds. The van der Waals surface area contributed by atoms with Gasteiger partial charge in [0.05, 0.1) is 16.3 Å². The fourth-order valence-corrected chi connectivity index (χ4v) is 6.46. The lowest BCUT2D eigenvalue weighted by Gasteiger charge is -2.23. The van der Waals surface area contributed by atoms with Crippen molar-refractivity contribution in [3.63, 3.8) is 0 Å². The van der Waals surface area contributed by atoms with Crippen LogP contribution in [0.15, 0.2) is 46.0 Å². The first-order valence-electron chi connectivity index (χ1n) is 8.73. The van der Waals surface area contributed by atoms with Gasteiger partial charge in [-0.2, -0.15) is 0 Å². The summed E-state index contributed by atoms with van der Waals surface area (Å²) in [6.45, 7) is 0.791. The molecule has 1 aromatic carbocycles. The van der Waals surface area contributed by atoms with E-state index < -0.39 is 10.0 Å². The normalized spacial score (nSPS) is 17.6. The molecule has 3 heterocycles. The Balaban J connectivity index is 1.40. The number of fused-ring (bicyclic) bond motifs is 1. The van der Waals surface area contributed by atoms with Crippen LogP contribution in [-0.2, 0) is 14.8 Å². The monoisotopic (exact) mass is 421 g/mol. The molecule has 4 rings (SSSR count). The van der Waals surface area contributed by atoms with Crippen LogP contribution in [0.1, 0.15) is 30.3 Å². The number of nitrogens with zero attached hydrogens (tertiary/aromatic N) is 2. The van der Waals surface area contributed by atoms with Crippen molar-refractivity contribution in [3.05, 3.63) is 46.8 Å². The summed E-state index contributed by atoms with van der Waals surface area (Å²) in [5.41, 5.74) is 0.959. The summed E-state index contributed by atoms with van der Waals surface area (Å²) in [5, 5.41) is 2.67. The Morgan fingerprint density at radius 3 is 2.89 bits per heavy atom. The summed E-state index contributed by atoms with van der Waals surface area (Å²) in [7, 11) is -3.53. The molecule has 0 radical (unpaired) electrons. The van der Waals surface area contributed by atoms with Crippen LogP contribution in [0.4, 0.5) is 0 Å². The van der Waals surface area contributed by atoms with E-state index in [2.05, 4.69) is 4.72 Å². The molecule has 1 atom stereocenters. The highest BCUT2D eigenvalue weighted by molar-refractivity contribution is 7.91. The van der Waals surface area contributed by atoms with E-state index in [0.29, 0.717) is 6.54 Å². The number of aromatic nitrogens is 1. The van der Waals surface area contributed by atoms with Crippen molar-refractivity contribution in [3.8, 4) is 0 Å². The van der Waals surface area contributed by atoms with Crippen LogP contribution in [-0.4, -0.2) is 37.3 Å². The highest BCUT2D eigenvalue weighted by Crippen LogP contribution is 2.36. The molecule has 27 heavy (non-hydrogen) atoms. The van der Waals surface area contributed by atoms with E-state index in [1.807, 2.05) is 29.2 Å². The van der Waals surface area contributed by atoms with Crippen molar-refractivity contribution in [1.82, 2.24) is 14.6 Å². The smallest absolute Gasteiger partial charge is 0.250 e. The molecule has 1 aliphatic heterocycles. The molecule has 1 N–H and O–H groups in total. The Morgan fingerprint density at radius 2 is 2.11 bits per heavy atom. The van der Waals surface area contributed by atoms with Gasteiger partial charge in [0.15, 0.2) is 0 Å². The summed E-state index contributed by atoms with van der Waals surface area (Å²) >= 11 is 2.79. The molecule has 142 valence electrons. The van der Waals surface area contributed by atoms with Gasteiger partial charge in [0, 0.05) is 19.5 Å². The molecular formula is C18H19N3O3S3. The molecule has 3 aromatic rings. The highest BCUT2D eigenvalue weighted by atomic mass is 32.2. The van der Waals surface area contributed by atoms with Gasteiger partial charge in [-0.15, -0.1) is 22.7 Å². The van der Waals surface area contributed by atoms with Gasteiger partial charge in [0.1, 0.15) is 9.22 Å². The van der Waals surface area contributed by atoms with Crippen LogP contribution < -0.4 is 4.72 Å². The van der Waals surface area contributed by atoms with Gasteiger partial charge in [-0.25, -0.2) is 18.1 Å². The number of carbonyl (C=O) groups is 1. The molecule has 2 aromatic heterocycles. The summed E-state index contributed by atoms with van der Waals surface area (Å²) in [6.07, 6.45) is 1.98. The van der Waals surface area contributed by atoms with E-state index in [1.165, 1.54) is 0 Å². The maximum Gasteiger partial charge on any atom is 0.250 e. The summed E-state index contributed by atoms with van der Waals surface area (Å²) in [6, 6.07) is 11.2. The number of para-hydroxylation sites is 1. The van der Waals surface area contributed by atoms with Gasteiger partial charge < -0.3 is 4.90 Å². The zero-order valence-corrected chi connectivity index (χ0v) is 16.9. The van der Waals surface area contributed by atoms with Crippen LogP contribution in [0, 0.1) is 0 Å². The average molecular weight is 422 g/mol. The second-order valence-corrected chi connectivity index (χ2v) is 10.3. The van der Waals surface area contributed by atoms with E-state index in [-0.39, 0.29) is 29.1 Å². The molecule has 0 spiro atoms. The topological polar surface area (TPSA) is 79.4 Å². The van der Waals surface area contributed by atoms with Crippen LogP contribution in [0.25, 0.3) is 10.2 Å². The maximum atomic E-state index is 12.7. The first-order chi connectivity index (χ1) is 13.0. The first kappa shape index (κ1) is 18.5. The van der Waals surface area contributed by atoms with Gasteiger partial charge in [-0.05, 0) is 36.4 Å². The Kier molecular flexibility index (Phi) is 5.27. The number of nitrogens with one attached hydrogen (secondary N) is 1. The lowest BCUT2D eigenvalue weighted by Crippen LogP contribution is -2.34. The zero-order chi connectivity index (χ0) is 18.9. The number of hydrogen-bond acceptors (Lipinski definition) is 6. The molecule has 6 nitrogen and oxygen atoms in total. The second-order valence-electron chi connectivity index (χ2n) is 6.34. The van der Waals surface area contributed by atoms with E-state index in [4.69, 9.17) is 4.98 Å². The highest BCUT2D eigenvalue weighted by Gasteiger charge is 2.32. The zero-order valence-electron chi connectivity index (χ0n) is 14.5. The van der Waals surface area contributed by atoms with E-state index in [0.717, 1.165) is 39.4 Å². The molecule has 1 saturated heterocycles. The molecule has 0 saturated carbocycles. The van der Waals surface area contributed by atoms with E-state index >= 15 is 0 Å². The quantitative estimate of drug-likeness (QED) is 0.662.